The van der Waals surface area contributed by atoms with Gasteiger partial charge in [-0.25, -0.2) is 4.79 Å². The highest BCUT2D eigenvalue weighted by molar-refractivity contribution is 5.90. The quantitative estimate of drug-likeness (QED) is 0.368. The van der Waals surface area contributed by atoms with Crippen molar-refractivity contribution >= 4 is 11.7 Å². The largest absolute Gasteiger partial charge is 0.416 e. The fourth-order valence-electron chi connectivity index (χ4n) is 4.29. The summed E-state index contributed by atoms with van der Waals surface area (Å²) < 4.78 is 41.6. The molecule has 4 aromatic rings. The Morgan fingerprint density at radius 2 is 1.64 bits per heavy atom. The van der Waals surface area contributed by atoms with Gasteiger partial charge in [0.05, 0.1) is 23.8 Å². The number of aromatic nitrogens is 1. The maximum Gasteiger partial charge on any atom is 0.416 e. The second-order valence-corrected chi connectivity index (χ2v) is 7.88. The van der Waals surface area contributed by atoms with Gasteiger partial charge in [-0.15, -0.1) is 0 Å². The van der Waals surface area contributed by atoms with E-state index in [-0.39, 0.29) is 5.69 Å². The molecule has 0 spiro atoms. The molecule has 2 amide bonds. The molecule has 33 heavy (non-hydrogen) atoms. The number of carbonyl (C=O) groups excluding carboxylic acids is 1. The molecule has 7 heteroatoms. The Balaban J connectivity index is 1.58. The van der Waals surface area contributed by atoms with Crippen molar-refractivity contribution in [1.29, 1.82) is 0 Å². The van der Waals surface area contributed by atoms with Crippen molar-refractivity contribution < 1.29 is 18.0 Å². The minimum absolute atomic E-state index is 0.0922. The Morgan fingerprint density at radius 3 is 2.42 bits per heavy atom. The second-order valence-electron chi connectivity index (χ2n) is 7.88. The molecule has 0 aliphatic carbocycles. The van der Waals surface area contributed by atoms with E-state index < -0.39 is 23.8 Å². The van der Waals surface area contributed by atoms with Gasteiger partial charge >= 0.3 is 12.2 Å². The van der Waals surface area contributed by atoms with Gasteiger partial charge in [-0.05, 0) is 47.5 Å². The predicted molar refractivity (Wildman–Crippen MR) is 120 cm³/mol. The summed E-state index contributed by atoms with van der Waals surface area (Å²) in [6.45, 7) is 0.294. The summed E-state index contributed by atoms with van der Waals surface area (Å²) >= 11 is 0. The molecule has 0 saturated heterocycles. The Hall–Kier alpha value is -4.00. The number of alkyl halides is 3. The molecule has 0 radical (unpaired) electrons. The molecule has 1 aromatic heterocycles. The number of benzene rings is 3. The van der Waals surface area contributed by atoms with E-state index in [1.54, 1.807) is 4.90 Å². The molecule has 0 saturated carbocycles. The van der Waals surface area contributed by atoms with Crippen LogP contribution in [0.2, 0.25) is 0 Å². The molecule has 0 fully saturated rings. The van der Waals surface area contributed by atoms with E-state index in [0.29, 0.717) is 6.54 Å². The van der Waals surface area contributed by atoms with E-state index in [2.05, 4.69) is 9.88 Å². The van der Waals surface area contributed by atoms with Gasteiger partial charge < -0.3 is 14.8 Å². The third-order valence-electron chi connectivity index (χ3n) is 5.78. The Labute approximate surface area is 188 Å². The van der Waals surface area contributed by atoms with Gasteiger partial charge in [-0.3, -0.25) is 0 Å². The fourth-order valence-corrected chi connectivity index (χ4v) is 4.29. The minimum Gasteiger partial charge on any atom is -0.318 e. The van der Waals surface area contributed by atoms with Crippen LogP contribution in [0.1, 0.15) is 28.4 Å². The molecule has 1 aliphatic heterocycles. The molecule has 1 N–H and O–H groups in total. The van der Waals surface area contributed by atoms with Crippen LogP contribution >= 0.6 is 0 Å². The first-order chi connectivity index (χ1) is 15.9. The van der Waals surface area contributed by atoms with E-state index in [9.17, 15) is 18.0 Å². The first kappa shape index (κ1) is 20.9. The van der Waals surface area contributed by atoms with Crippen molar-refractivity contribution in [2.45, 2.75) is 18.8 Å². The van der Waals surface area contributed by atoms with Gasteiger partial charge in [0.1, 0.15) is 0 Å². The van der Waals surface area contributed by atoms with Crippen molar-refractivity contribution in [3.05, 3.63) is 120 Å². The van der Waals surface area contributed by atoms with Crippen LogP contribution in [0.5, 0.6) is 0 Å². The molecule has 0 bridgehead atoms. The fraction of sp³-hybridized carbons (Fsp3) is 0.115. The van der Waals surface area contributed by atoms with E-state index >= 15 is 0 Å². The van der Waals surface area contributed by atoms with Gasteiger partial charge in [0.2, 0.25) is 0 Å². The number of hydrogen-bond donors (Lipinski definition) is 1. The molecule has 4 nitrogen and oxygen atoms in total. The smallest absolute Gasteiger partial charge is 0.318 e. The number of nitrogens with zero attached hydrogens (tertiary/aromatic N) is 2. The molecule has 3 aromatic carbocycles. The van der Waals surface area contributed by atoms with Crippen molar-refractivity contribution in [1.82, 2.24) is 9.47 Å². The van der Waals surface area contributed by atoms with E-state index in [1.807, 2.05) is 72.9 Å². The maximum atomic E-state index is 13.5. The molecule has 1 atom stereocenters. The minimum atomic E-state index is -4.49. The zero-order valence-corrected chi connectivity index (χ0v) is 17.5. The number of hydrogen-bond acceptors (Lipinski definition) is 1. The molecule has 2 heterocycles. The van der Waals surface area contributed by atoms with Crippen molar-refractivity contribution in [2.75, 3.05) is 5.32 Å². The topological polar surface area (TPSA) is 37.3 Å². The number of rotatable bonds is 2. The molecule has 0 unspecified atom stereocenters. The normalized spacial score (nSPS) is 15.4. The summed E-state index contributed by atoms with van der Waals surface area (Å²) in [5.41, 5.74) is 2.99. The average molecular weight is 447 g/mol. The summed E-state index contributed by atoms with van der Waals surface area (Å²) in [6, 6.07) is 25.1. The summed E-state index contributed by atoms with van der Waals surface area (Å²) in [5.74, 6) is 0. The number of halogens is 3. The van der Waals surface area contributed by atoms with Crippen LogP contribution in [-0.4, -0.2) is 15.5 Å². The lowest BCUT2D eigenvalue weighted by Crippen LogP contribution is -2.38. The monoisotopic (exact) mass is 447 g/mol. The lowest BCUT2D eigenvalue weighted by molar-refractivity contribution is -0.137. The summed E-state index contributed by atoms with van der Waals surface area (Å²) in [6.07, 6.45) is -2.53. The Bertz CT molecular complexity index is 1300. The molecule has 5 rings (SSSR count). The van der Waals surface area contributed by atoms with Crippen LogP contribution in [-0.2, 0) is 12.7 Å². The third-order valence-corrected chi connectivity index (χ3v) is 5.78. The van der Waals surface area contributed by atoms with E-state index in [4.69, 9.17) is 0 Å². The summed E-state index contributed by atoms with van der Waals surface area (Å²) in [7, 11) is 0. The average Bonchev–Trinajstić information content (AvgIpc) is 3.23. The third kappa shape index (κ3) is 3.98. The summed E-state index contributed by atoms with van der Waals surface area (Å²) in [4.78, 5) is 15.2. The SMILES string of the molecule is O=C(Nc1cccc(C(F)(F)F)c1)N1Cc2ccccc2-n2cccc2[C@@H]1c1ccccc1. The van der Waals surface area contributed by atoms with Gasteiger partial charge in [0, 0.05) is 17.6 Å². The Morgan fingerprint density at radius 1 is 0.879 bits per heavy atom. The number of carbonyl (C=O) groups is 1. The lowest BCUT2D eigenvalue weighted by Gasteiger charge is -2.31. The number of anilines is 1. The van der Waals surface area contributed by atoms with Gasteiger partial charge in [-0.2, -0.15) is 13.2 Å². The lowest BCUT2D eigenvalue weighted by atomic mass is 10.0. The van der Waals surface area contributed by atoms with Gasteiger partial charge in [0.25, 0.3) is 0 Å². The van der Waals surface area contributed by atoms with Gasteiger partial charge in [0.15, 0.2) is 0 Å². The van der Waals surface area contributed by atoms with E-state index in [0.717, 1.165) is 34.6 Å². The van der Waals surface area contributed by atoms with Crippen molar-refractivity contribution in [3.63, 3.8) is 0 Å². The number of fused-ring (bicyclic) bond motifs is 3. The zero-order chi connectivity index (χ0) is 23.0. The predicted octanol–water partition coefficient (Wildman–Crippen LogP) is 6.63. The highest BCUT2D eigenvalue weighted by atomic mass is 19.4. The molecule has 166 valence electrons. The van der Waals surface area contributed by atoms with Crippen LogP contribution in [0.25, 0.3) is 5.69 Å². The number of urea groups is 1. The molecular formula is C26H20F3N3O. The van der Waals surface area contributed by atoms with E-state index in [1.165, 1.54) is 12.1 Å². The highest BCUT2D eigenvalue weighted by Gasteiger charge is 2.34. The van der Waals surface area contributed by atoms with Crippen molar-refractivity contribution in [3.8, 4) is 5.69 Å². The van der Waals surface area contributed by atoms with Crippen LogP contribution < -0.4 is 5.32 Å². The van der Waals surface area contributed by atoms with Crippen molar-refractivity contribution in [2.24, 2.45) is 0 Å². The standard InChI is InChI=1S/C26H20F3N3O/c27-26(28,29)20-11-6-12-21(16-20)30-25(33)32-17-19-10-4-5-13-22(19)31-15-7-14-23(31)24(32)18-8-2-1-3-9-18/h1-16,24H,17H2,(H,30,33)/t24-/m0/s1. The number of para-hydroxylation sites is 1. The zero-order valence-electron chi connectivity index (χ0n) is 17.5. The summed E-state index contributed by atoms with van der Waals surface area (Å²) in [5, 5.41) is 2.68. The first-order valence-corrected chi connectivity index (χ1v) is 10.5. The Kier molecular flexibility index (Phi) is 5.17. The maximum absolute atomic E-state index is 13.5. The second kappa shape index (κ2) is 8.16. The van der Waals surface area contributed by atoms with Crippen LogP contribution in [0.4, 0.5) is 23.7 Å². The number of nitrogens with one attached hydrogen (secondary N) is 1. The van der Waals surface area contributed by atoms with Crippen LogP contribution in [0.15, 0.2) is 97.2 Å². The molecule has 1 aliphatic rings. The first-order valence-electron chi connectivity index (χ1n) is 10.5. The highest BCUT2D eigenvalue weighted by Crippen LogP contribution is 2.37. The van der Waals surface area contributed by atoms with Crippen LogP contribution in [0.3, 0.4) is 0 Å². The van der Waals surface area contributed by atoms with Crippen LogP contribution in [0, 0.1) is 0 Å². The molecular weight excluding hydrogens is 427 g/mol. The number of amides is 2. The van der Waals surface area contributed by atoms with Gasteiger partial charge in [-0.1, -0.05) is 54.6 Å².